The molecule has 0 aromatic carbocycles. The fraction of sp³-hybridized carbons (Fsp3) is 0.429. The Hall–Kier alpha value is -0.540. The summed E-state index contributed by atoms with van der Waals surface area (Å²) < 4.78 is 5.26. The molecule has 12 heavy (non-hydrogen) atoms. The van der Waals surface area contributed by atoms with Crippen molar-refractivity contribution >= 4 is 23.2 Å². The third-order valence-electron chi connectivity index (χ3n) is 1.03. The van der Waals surface area contributed by atoms with Crippen molar-refractivity contribution < 1.29 is 4.74 Å². The number of rotatable bonds is 2. The van der Waals surface area contributed by atoms with E-state index in [0.717, 1.165) is 0 Å². The Kier molecular flexibility index (Phi) is 3.12. The summed E-state index contributed by atoms with van der Waals surface area (Å²) in [6.07, 6.45) is 1.43. The van der Waals surface area contributed by atoms with E-state index >= 15 is 0 Å². The topological polar surface area (TPSA) is 35.0 Å². The molecule has 0 bridgehead atoms. The zero-order valence-corrected chi connectivity index (χ0v) is 8.23. The van der Waals surface area contributed by atoms with Crippen molar-refractivity contribution in [2.45, 2.75) is 20.0 Å². The van der Waals surface area contributed by atoms with Crippen molar-refractivity contribution in [3.8, 4) is 5.88 Å². The Balaban J connectivity index is 2.90. The van der Waals surface area contributed by atoms with E-state index in [2.05, 4.69) is 9.97 Å². The van der Waals surface area contributed by atoms with Gasteiger partial charge in [0, 0.05) is 0 Å². The van der Waals surface area contributed by atoms with Crippen LogP contribution in [0.25, 0.3) is 0 Å². The minimum absolute atomic E-state index is 0.0217. The zero-order valence-electron chi connectivity index (χ0n) is 6.71. The van der Waals surface area contributed by atoms with E-state index in [1.54, 1.807) is 0 Å². The minimum atomic E-state index is 0.0217. The molecule has 0 amide bonds. The third kappa shape index (κ3) is 2.50. The van der Waals surface area contributed by atoms with E-state index in [9.17, 15) is 0 Å². The summed E-state index contributed by atoms with van der Waals surface area (Å²) in [5, 5.41) is 0.503. The van der Waals surface area contributed by atoms with E-state index in [-0.39, 0.29) is 11.4 Å². The van der Waals surface area contributed by atoms with Gasteiger partial charge in [-0.15, -0.1) is 0 Å². The highest BCUT2D eigenvalue weighted by molar-refractivity contribution is 6.32. The first-order valence-corrected chi connectivity index (χ1v) is 4.20. The minimum Gasteiger partial charge on any atom is -0.474 e. The number of ether oxygens (including phenoxy) is 1. The van der Waals surface area contributed by atoms with Crippen LogP contribution in [-0.2, 0) is 0 Å². The fourth-order valence-corrected chi connectivity index (χ4v) is 0.898. The van der Waals surface area contributed by atoms with Crippen LogP contribution in [0.3, 0.4) is 0 Å². The molecule has 0 saturated heterocycles. The zero-order chi connectivity index (χ0) is 9.14. The first kappa shape index (κ1) is 9.55. The van der Waals surface area contributed by atoms with Crippen molar-refractivity contribution in [3.63, 3.8) is 0 Å². The Morgan fingerprint density at radius 3 is 2.67 bits per heavy atom. The molecule has 1 aromatic heterocycles. The normalized spacial score (nSPS) is 10.4. The summed E-state index contributed by atoms with van der Waals surface area (Å²) in [6, 6.07) is 0. The van der Waals surface area contributed by atoms with Crippen LogP contribution >= 0.6 is 23.2 Å². The van der Waals surface area contributed by atoms with Crippen LogP contribution in [0.4, 0.5) is 0 Å². The molecule has 0 atom stereocenters. The van der Waals surface area contributed by atoms with Gasteiger partial charge in [0.15, 0.2) is 0 Å². The molecule has 0 N–H and O–H groups in total. The molecule has 0 unspecified atom stereocenters. The summed E-state index contributed by atoms with van der Waals surface area (Å²) >= 11 is 11.3. The van der Waals surface area contributed by atoms with E-state index < -0.39 is 0 Å². The summed E-state index contributed by atoms with van der Waals surface area (Å²) in [6.45, 7) is 3.76. The van der Waals surface area contributed by atoms with Gasteiger partial charge in [-0.2, -0.15) is 4.98 Å². The second-order valence-corrected chi connectivity index (χ2v) is 3.20. The molecule has 5 heteroatoms. The molecule has 1 heterocycles. The van der Waals surface area contributed by atoms with Crippen molar-refractivity contribution in [2.75, 3.05) is 0 Å². The van der Waals surface area contributed by atoms with Gasteiger partial charge in [-0.25, -0.2) is 4.98 Å². The predicted molar refractivity (Wildman–Crippen MR) is 47.8 cm³/mol. The van der Waals surface area contributed by atoms with Gasteiger partial charge < -0.3 is 4.74 Å². The monoisotopic (exact) mass is 206 g/mol. The molecule has 1 aromatic rings. The molecule has 3 nitrogen and oxygen atoms in total. The molecule has 0 saturated carbocycles. The highest BCUT2D eigenvalue weighted by Crippen LogP contribution is 2.22. The highest BCUT2D eigenvalue weighted by atomic mass is 35.5. The van der Waals surface area contributed by atoms with Gasteiger partial charge in [0.2, 0.25) is 11.2 Å². The van der Waals surface area contributed by atoms with Crippen LogP contribution in [0.5, 0.6) is 5.88 Å². The second-order valence-electron chi connectivity index (χ2n) is 2.46. The van der Waals surface area contributed by atoms with E-state index in [4.69, 9.17) is 27.9 Å². The Labute approximate surface area is 80.7 Å². The number of hydrogen-bond acceptors (Lipinski definition) is 3. The Bertz CT molecular complexity index is 278. The maximum absolute atomic E-state index is 5.73. The van der Waals surface area contributed by atoms with Crippen LogP contribution in [-0.4, -0.2) is 16.1 Å². The van der Waals surface area contributed by atoms with Crippen molar-refractivity contribution in [1.82, 2.24) is 9.97 Å². The maximum Gasteiger partial charge on any atom is 0.237 e. The smallest absolute Gasteiger partial charge is 0.237 e. The van der Waals surface area contributed by atoms with E-state index in [1.807, 2.05) is 13.8 Å². The molecule has 0 radical (unpaired) electrons. The summed E-state index contributed by atoms with van der Waals surface area (Å²) in [5.74, 6) is 0.326. The Morgan fingerprint density at radius 2 is 2.08 bits per heavy atom. The summed E-state index contributed by atoms with van der Waals surface area (Å²) in [5.41, 5.74) is 0. The van der Waals surface area contributed by atoms with Gasteiger partial charge in [-0.3, -0.25) is 0 Å². The van der Waals surface area contributed by atoms with Crippen LogP contribution in [0.2, 0.25) is 10.3 Å². The average molecular weight is 207 g/mol. The van der Waals surface area contributed by atoms with Crippen LogP contribution in [0.15, 0.2) is 6.20 Å². The molecule has 66 valence electrons. The highest BCUT2D eigenvalue weighted by Gasteiger charge is 2.06. The van der Waals surface area contributed by atoms with Crippen LogP contribution in [0, 0.1) is 0 Å². The molecule has 0 spiro atoms. The van der Waals surface area contributed by atoms with Crippen molar-refractivity contribution in [1.29, 1.82) is 0 Å². The van der Waals surface area contributed by atoms with E-state index in [1.165, 1.54) is 6.20 Å². The lowest BCUT2D eigenvalue weighted by molar-refractivity contribution is 0.232. The second kappa shape index (κ2) is 3.92. The lowest BCUT2D eigenvalue weighted by Crippen LogP contribution is -2.07. The number of hydrogen-bond donors (Lipinski definition) is 0. The lowest BCUT2D eigenvalue weighted by atomic mass is 10.5. The van der Waals surface area contributed by atoms with E-state index in [0.29, 0.717) is 10.9 Å². The third-order valence-corrected chi connectivity index (χ3v) is 1.47. The van der Waals surface area contributed by atoms with Gasteiger partial charge in [0.25, 0.3) is 0 Å². The summed E-state index contributed by atoms with van der Waals surface area (Å²) in [7, 11) is 0. The van der Waals surface area contributed by atoms with Crippen molar-refractivity contribution in [2.24, 2.45) is 0 Å². The molecule has 0 fully saturated rings. The molecule has 0 aliphatic carbocycles. The quantitative estimate of drug-likeness (QED) is 0.699. The van der Waals surface area contributed by atoms with Crippen LogP contribution in [0.1, 0.15) is 13.8 Å². The van der Waals surface area contributed by atoms with Crippen molar-refractivity contribution in [3.05, 3.63) is 16.5 Å². The summed E-state index contributed by atoms with van der Waals surface area (Å²) in [4.78, 5) is 7.50. The first-order valence-electron chi connectivity index (χ1n) is 3.44. The average Bonchev–Trinajstić information content (AvgIpc) is 1.96. The maximum atomic E-state index is 5.73. The molecular formula is C7H8Cl2N2O. The molecule has 0 aliphatic rings. The largest absolute Gasteiger partial charge is 0.474 e. The van der Waals surface area contributed by atoms with Gasteiger partial charge in [0.05, 0.1) is 12.3 Å². The number of nitrogens with zero attached hydrogens (tertiary/aromatic N) is 2. The van der Waals surface area contributed by atoms with Crippen LogP contribution < -0.4 is 4.74 Å². The van der Waals surface area contributed by atoms with Gasteiger partial charge >= 0.3 is 0 Å². The molecular weight excluding hydrogens is 199 g/mol. The SMILES string of the molecule is CC(C)Oc1nc(Cl)ncc1Cl. The van der Waals surface area contributed by atoms with Gasteiger partial charge in [0.1, 0.15) is 5.02 Å². The van der Waals surface area contributed by atoms with Gasteiger partial charge in [-0.05, 0) is 25.4 Å². The number of aromatic nitrogens is 2. The fourth-order valence-electron chi connectivity index (χ4n) is 0.637. The first-order chi connectivity index (χ1) is 5.59. The van der Waals surface area contributed by atoms with Gasteiger partial charge in [-0.1, -0.05) is 11.6 Å². The Morgan fingerprint density at radius 1 is 1.42 bits per heavy atom. The standard InChI is InChI=1S/C7H8Cl2N2O/c1-4(2)12-6-5(8)3-10-7(9)11-6/h3-4H,1-2H3. The lowest BCUT2D eigenvalue weighted by Gasteiger charge is -2.08. The predicted octanol–water partition coefficient (Wildman–Crippen LogP) is 2.57. The number of halogens is 2. The molecule has 0 aliphatic heterocycles. The molecule has 1 rings (SSSR count).